The normalized spacial score (nSPS) is 24.6. The molecule has 1 saturated heterocycles. The monoisotopic (exact) mass is 294 g/mol. The van der Waals surface area contributed by atoms with E-state index >= 15 is 0 Å². The Morgan fingerprint density at radius 2 is 2.20 bits per heavy atom. The zero-order valence-corrected chi connectivity index (χ0v) is 12.2. The van der Waals surface area contributed by atoms with Crippen LogP contribution in [0, 0.1) is 5.92 Å². The van der Waals surface area contributed by atoms with Crippen molar-refractivity contribution in [3.63, 3.8) is 0 Å². The Kier molecular flexibility index (Phi) is 4.57. The zero-order valence-electron chi connectivity index (χ0n) is 11.4. The Hall–Kier alpha value is -1.66. The molecule has 0 spiro atoms. The van der Waals surface area contributed by atoms with Gasteiger partial charge in [-0.1, -0.05) is 25.1 Å². The topological polar surface area (TPSA) is 78.4 Å². The summed E-state index contributed by atoms with van der Waals surface area (Å²) in [6, 6.07) is 5.10. The van der Waals surface area contributed by atoms with Gasteiger partial charge in [0.25, 0.3) is 0 Å². The molecule has 1 aliphatic rings. The van der Waals surface area contributed by atoms with E-state index < -0.39 is 10.8 Å². The summed E-state index contributed by atoms with van der Waals surface area (Å²) >= 11 is 0. The molecule has 3 N–H and O–H groups in total. The van der Waals surface area contributed by atoms with E-state index in [-0.39, 0.29) is 23.6 Å². The van der Waals surface area contributed by atoms with Crippen molar-refractivity contribution in [3.05, 3.63) is 29.8 Å². The standard InChI is InChI=1S/C14H18N2O3S/c1-9-7-14(18)16-15-11(9)5-3-10-4-6-13(20(2)19)12(17)8-10/h3-6,8-9,11,15,17H,7H2,1-2H3,(H,16,18)/b5-3+. The summed E-state index contributed by atoms with van der Waals surface area (Å²) in [7, 11) is -1.20. The highest BCUT2D eigenvalue weighted by Crippen LogP contribution is 2.23. The number of carbonyl (C=O) groups is 1. The minimum Gasteiger partial charge on any atom is -0.507 e. The number of phenols is 1. The predicted molar refractivity (Wildman–Crippen MR) is 78.3 cm³/mol. The molecule has 1 amide bonds. The number of benzene rings is 1. The van der Waals surface area contributed by atoms with Crippen LogP contribution in [0.3, 0.4) is 0 Å². The predicted octanol–water partition coefficient (Wildman–Crippen LogP) is 1.17. The van der Waals surface area contributed by atoms with Crippen LogP contribution in [0.1, 0.15) is 18.9 Å². The average molecular weight is 294 g/mol. The van der Waals surface area contributed by atoms with Crippen LogP contribution >= 0.6 is 0 Å². The molecule has 1 aromatic carbocycles. The highest BCUT2D eigenvalue weighted by atomic mass is 32.2. The first-order chi connectivity index (χ1) is 9.47. The second-order valence-corrected chi connectivity index (χ2v) is 6.29. The van der Waals surface area contributed by atoms with Gasteiger partial charge in [0.1, 0.15) is 5.75 Å². The van der Waals surface area contributed by atoms with E-state index in [9.17, 15) is 14.1 Å². The lowest BCUT2D eigenvalue weighted by atomic mass is 9.96. The summed E-state index contributed by atoms with van der Waals surface area (Å²) in [4.78, 5) is 11.6. The number of aromatic hydroxyl groups is 1. The van der Waals surface area contributed by atoms with E-state index in [1.54, 1.807) is 18.2 Å². The third-order valence-electron chi connectivity index (χ3n) is 3.29. The molecule has 1 fully saturated rings. The number of rotatable bonds is 3. The van der Waals surface area contributed by atoms with Gasteiger partial charge in [-0.3, -0.25) is 14.4 Å². The van der Waals surface area contributed by atoms with Crippen LogP contribution in [-0.4, -0.2) is 27.5 Å². The Labute approximate surface area is 120 Å². The first kappa shape index (κ1) is 14.7. The Morgan fingerprint density at radius 3 is 2.80 bits per heavy atom. The van der Waals surface area contributed by atoms with E-state index in [2.05, 4.69) is 10.9 Å². The number of phenolic OH excluding ortho intramolecular Hbond substituents is 1. The third kappa shape index (κ3) is 3.46. The molecule has 1 aliphatic heterocycles. The summed E-state index contributed by atoms with van der Waals surface area (Å²) in [5.74, 6) is 0.233. The van der Waals surface area contributed by atoms with Crippen molar-refractivity contribution in [2.24, 2.45) is 5.92 Å². The lowest BCUT2D eigenvalue weighted by Gasteiger charge is -2.27. The van der Waals surface area contributed by atoms with Crippen LogP contribution < -0.4 is 10.9 Å². The van der Waals surface area contributed by atoms with Crippen molar-refractivity contribution in [1.82, 2.24) is 10.9 Å². The first-order valence-electron chi connectivity index (χ1n) is 6.36. The van der Waals surface area contributed by atoms with Gasteiger partial charge in [-0.2, -0.15) is 0 Å². The molecule has 108 valence electrons. The molecule has 1 aromatic rings. The van der Waals surface area contributed by atoms with Crippen molar-refractivity contribution in [3.8, 4) is 5.75 Å². The summed E-state index contributed by atoms with van der Waals surface area (Å²) in [5.41, 5.74) is 6.36. The Bertz CT molecular complexity index is 572. The van der Waals surface area contributed by atoms with Gasteiger partial charge in [-0.15, -0.1) is 0 Å². The molecule has 0 aliphatic carbocycles. The maximum Gasteiger partial charge on any atom is 0.234 e. The van der Waals surface area contributed by atoms with Crippen molar-refractivity contribution in [1.29, 1.82) is 0 Å². The summed E-state index contributed by atoms with van der Waals surface area (Å²) in [6.07, 6.45) is 5.83. The van der Waals surface area contributed by atoms with Gasteiger partial charge in [-0.25, -0.2) is 5.43 Å². The fourth-order valence-electron chi connectivity index (χ4n) is 2.11. The molecule has 2 rings (SSSR count). The number of amides is 1. The lowest BCUT2D eigenvalue weighted by Crippen LogP contribution is -2.52. The van der Waals surface area contributed by atoms with Gasteiger partial charge in [0, 0.05) is 18.7 Å². The van der Waals surface area contributed by atoms with Crippen LogP contribution in [0.5, 0.6) is 5.75 Å². The molecule has 20 heavy (non-hydrogen) atoms. The lowest BCUT2D eigenvalue weighted by molar-refractivity contribution is -0.125. The van der Waals surface area contributed by atoms with Gasteiger partial charge in [0.2, 0.25) is 5.91 Å². The molecule has 0 bridgehead atoms. The van der Waals surface area contributed by atoms with Crippen molar-refractivity contribution < 1.29 is 14.1 Å². The summed E-state index contributed by atoms with van der Waals surface area (Å²) < 4.78 is 11.3. The van der Waals surface area contributed by atoms with E-state index in [0.29, 0.717) is 11.3 Å². The van der Waals surface area contributed by atoms with E-state index in [0.717, 1.165) is 5.56 Å². The maximum atomic E-state index is 11.3. The third-order valence-corrected chi connectivity index (χ3v) is 4.25. The van der Waals surface area contributed by atoms with E-state index in [1.807, 2.05) is 19.1 Å². The highest BCUT2D eigenvalue weighted by Gasteiger charge is 2.22. The van der Waals surface area contributed by atoms with Crippen LogP contribution in [0.25, 0.3) is 6.08 Å². The average Bonchev–Trinajstić information content (AvgIpc) is 2.37. The van der Waals surface area contributed by atoms with Gasteiger partial charge >= 0.3 is 0 Å². The van der Waals surface area contributed by atoms with Crippen LogP contribution in [0.4, 0.5) is 0 Å². The summed E-state index contributed by atoms with van der Waals surface area (Å²) in [6.45, 7) is 2.00. The number of hydrogen-bond donors (Lipinski definition) is 3. The Balaban J connectivity index is 2.10. The largest absolute Gasteiger partial charge is 0.507 e. The molecule has 6 heteroatoms. The SMILES string of the molecule is CC1CC(=O)NNC1/C=C/c1ccc(S(C)=O)c(O)c1. The quantitative estimate of drug-likeness (QED) is 0.782. The molecule has 3 unspecified atom stereocenters. The molecule has 5 nitrogen and oxygen atoms in total. The van der Waals surface area contributed by atoms with Crippen molar-refractivity contribution in [2.75, 3.05) is 6.26 Å². The minimum atomic E-state index is -1.20. The van der Waals surface area contributed by atoms with E-state index in [4.69, 9.17) is 0 Å². The highest BCUT2D eigenvalue weighted by molar-refractivity contribution is 7.84. The van der Waals surface area contributed by atoms with Crippen LogP contribution in [0.15, 0.2) is 29.2 Å². The van der Waals surface area contributed by atoms with Gasteiger partial charge in [0.05, 0.1) is 15.7 Å². The van der Waals surface area contributed by atoms with Crippen molar-refractivity contribution >= 4 is 22.8 Å². The molecule has 0 saturated carbocycles. The molecular formula is C14H18N2O3S. The molecule has 3 atom stereocenters. The molecule has 0 radical (unpaired) electrons. The molecule has 0 aromatic heterocycles. The maximum absolute atomic E-state index is 11.3. The molecular weight excluding hydrogens is 276 g/mol. The first-order valence-corrected chi connectivity index (χ1v) is 7.92. The minimum absolute atomic E-state index is 0.00503. The Morgan fingerprint density at radius 1 is 1.45 bits per heavy atom. The van der Waals surface area contributed by atoms with Crippen LogP contribution in [0.2, 0.25) is 0 Å². The second kappa shape index (κ2) is 6.19. The number of hydrogen-bond acceptors (Lipinski definition) is 4. The fraction of sp³-hybridized carbons (Fsp3) is 0.357. The smallest absolute Gasteiger partial charge is 0.234 e. The van der Waals surface area contributed by atoms with Gasteiger partial charge < -0.3 is 5.11 Å². The zero-order chi connectivity index (χ0) is 14.7. The molecule has 1 heterocycles. The van der Waals surface area contributed by atoms with Crippen molar-refractivity contribution in [2.45, 2.75) is 24.3 Å². The van der Waals surface area contributed by atoms with Gasteiger partial charge in [-0.05, 0) is 23.6 Å². The fourth-order valence-corrected chi connectivity index (χ4v) is 2.72. The van der Waals surface area contributed by atoms with Crippen LogP contribution in [-0.2, 0) is 15.6 Å². The number of hydrazine groups is 1. The van der Waals surface area contributed by atoms with E-state index in [1.165, 1.54) is 6.26 Å². The van der Waals surface area contributed by atoms with Gasteiger partial charge in [0.15, 0.2) is 0 Å². The number of carbonyl (C=O) groups excluding carboxylic acids is 1. The number of nitrogens with one attached hydrogen (secondary N) is 2. The second-order valence-electron chi connectivity index (χ2n) is 4.94. The summed E-state index contributed by atoms with van der Waals surface area (Å²) in [5, 5.41) is 9.79.